The van der Waals surface area contributed by atoms with Crippen molar-refractivity contribution in [2.45, 2.75) is 439 Å². The Morgan fingerprint density at radius 1 is 0.307 bits per heavy atom. The average molecular weight is 1690 g/mol. The van der Waals surface area contributed by atoms with Gasteiger partial charge in [0.1, 0.15) is 30.2 Å². The maximum atomic E-state index is 13.3. The van der Waals surface area contributed by atoms with Crippen LogP contribution >= 0.6 is 15.6 Å². The van der Waals surface area contributed by atoms with Crippen LogP contribution in [0.2, 0.25) is 0 Å². The summed E-state index contributed by atoms with van der Waals surface area (Å²) in [6.07, 6.45) is 51.3. The molecule has 0 saturated heterocycles. The van der Waals surface area contributed by atoms with Crippen molar-refractivity contribution >= 4 is 62.8 Å². The summed E-state index contributed by atoms with van der Waals surface area (Å²) >= 11 is 0. The number of nitrogens with one attached hydrogen (secondary N) is 4. The molecule has 6 atom stereocenters. The first-order valence-corrected chi connectivity index (χ1v) is 47.6. The smallest absolute Gasteiger partial charge is 1.00 e. The zero-order valence-electron chi connectivity index (χ0n) is 74.8. The molecule has 0 radical (unpaired) electrons. The minimum absolute atomic E-state index is 0. The molecule has 24 nitrogen and oxygen atoms in total. The number of Topliss-reactive ketones (excluding diaryl/α,β-unsaturated/α-hetero) is 2. The second-order valence-corrected chi connectivity index (χ2v) is 33.6. The van der Waals surface area contributed by atoms with Crippen molar-refractivity contribution in [3.8, 4) is 0 Å². The van der Waals surface area contributed by atoms with E-state index in [1.165, 1.54) is 116 Å². The molecule has 0 aromatic rings. The van der Waals surface area contributed by atoms with Crippen LogP contribution in [-0.2, 0) is 84.5 Å². The fraction of sp³-hybridized carbons (Fsp3) is 0.907. The van der Waals surface area contributed by atoms with E-state index in [2.05, 4.69) is 62.8 Å². The maximum absolute atomic E-state index is 13.3. The Kier molecular flexibility index (Phi) is 89.7. The predicted octanol–water partition coefficient (Wildman–Crippen LogP) is 14.7. The van der Waals surface area contributed by atoms with Gasteiger partial charge in [-0.05, 0) is 51.4 Å². The molecule has 114 heavy (non-hydrogen) atoms. The number of rotatable bonds is 86. The number of ether oxygens (including phenoxy) is 4. The molecular formula is C86H168N4Na2O20P2. The van der Waals surface area contributed by atoms with Gasteiger partial charge in [-0.15, -0.1) is 0 Å². The summed E-state index contributed by atoms with van der Waals surface area (Å²) in [4.78, 5) is 125. The summed E-state index contributed by atoms with van der Waals surface area (Å²) in [6, 6.07) is -1.99. The van der Waals surface area contributed by atoms with Crippen molar-refractivity contribution in [3.05, 3.63) is 0 Å². The van der Waals surface area contributed by atoms with E-state index in [0.29, 0.717) is 51.4 Å². The van der Waals surface area contributed by atoms with Crippen molar-refractivity contribution in [1.29, 1.82) is 0 Å². The van der Waals surface area contributed by atoms with E-state index in [9.17, 15) is 57.3 Å². The zero-order chi connectivity index (χ0) is 81.8. The van der Waals surface area contributed by atoms with Gasteiger partial charge < -0.3 is 52.9 Å². The molecule has 0 aliphatic heterocycles. The van der Waals surface area contributed by atoms with Gasteiger partial charge in [0.15, 0.2) is 0 Å². The average Bonchev–Trinajstić information content (AvgIpc) is 0.897. The van der Waals surface area contributed by atoms with Crippen LogP contribution in [0.25, 0.3) is 0 Å². The normalized spacial score (nSPS) is 13.3. The van der Waals surface area contributed by atoms with Crippen molar-refractivity contribution in [1.82, 2.24) is 21.3 Å². The van der Waals surface area contributed by atoms with Crippen molar-refractivity contribution in [3.63, 3.8) is 0 Å². The van der Waals surface area contributed by atoms with Gasteiger partial charge in [0.2, 0.25) is 23.6 Å². The molecule has 28 heteroatoms. The molecular weight excluding hydrogens is 1520 g/mol. The number of hydrogen-bond acceptors (Lipinski definition) is 18. The molecule has 0 rings (SSSR count). The third-order valence-electron chi connectivity index (χ3n) is 19.8. The number of amides is 4. The second kappa shape index (κ2) is 86.2. The van der Waals surface area contributed by atoms with E-state index >= 15 is 0 Å². The van der Waals surface area contributed by atoms with Gasteiger partial charge in [0, 0.05) is 51.6 Å². The van der Waals surface area contributed by atoms with Gasteiger partial charge in [0.25, 0.3) is 0 Å². The van der Waals surface area contributed by atoms with E-state index in [1.807, 2.05) is 0 Å². The fourth-order valence-corrected chi connectivity index (χ4v) is 14.6. The van der Waals surface area contributed by atoms with E-state index in [4.69, 9.17) is 37.0 Å². The van der Waals surface area contributed by atoms with Gasteiger partial charge in [-0.3, -0.25) is 56.5 Å². The van der Waals surface area contributed by atoms with Crippen molar-refractivity contribution < 1.29 is 156 Å². The van der Waals surface area contributed by atoms with Crippen LogP contribution in [-0.4, -0.2) is 147 Å². The summed E-state index contributed by atoms with van der Waals surface area (Å²) in [6.45, 7) is 10.2. The molecule has 0 heterocycles. The Labute approximate surface area is 740 Å². The molecule has 0 aliphatic carbocycles. The first kappa shape index (κ1) is 119. The quantitative estimate of drug-likeness (QED) is 0.0108. The minimum atomic E-state index is -4.82. The molecule has 4 unspecified atom stereocenters. The van der Waals surface area contributed by atoms with Crippen LogP contribution in [0.5, 0.6) is 0 Å². The van der Waals surface area contributed by atoms with Gasteiger partial charge >= 0.3 is 86.7 Å². The molecule has 6 N–H and O–H groups in total. The maximum Gasteiger partial charge on any atom is 1.00 e. The molecule has 0 aliphatic rings. The standard InChI is InChI=1S/C85H162N4O20P2.CH4.2Na.2H/c1-7-13-19-25-29-33-37-43-47-53-76(90)67-82(94)88-74(70-102-63-59-78(55-49-41-23-17-11-5)108-84(96)57-51-45-39-35-31-27-21-15-9-3)72-106-110(98,99)104-65-61-86-80(92)69-81(93)87-62-66-105-111(100,101)107-73-75(89-83(95)68-77(91)54-48-44-38-34-30-26-20-14-8-2)71-103-64-60-79(56-50-42-24-18-12-6)109-85(97)58-52-46-40-36-32-28-22-16-10-4;;;;;/h74-75,78-79H,7-73H2,1-6H3,(H,86,92)(H,87,93)(H,88,94)(H,89,95)(H,98,99)(H,100,101);1H4;;;;/q;;2*+1;2*-1/t74?,75?,78-,79-;;;;;/m1...../s1. The Bertz CT molecular complexity index is 2270. The molecule has 0 fully saturated rings. The number of unbranched alkanes of at least 4 members (excludes halogenated alkanes) is 40. The predicted molar refractivity (Wildman–Crippen MR) is 451 cm³/mol. The Balaban J connectivity index is -0.00000605. The largest absolute Gasteiger partial charge is 1.00 e. The number of phosphoric ester groups is 2. The summed E-state index contributed by atoms with van der Waals surface area (Å²) in [5.41, 5.74) is 0. The fourth-order valence-electron chi connectivity index (χ4n) is 13.0. The van der Waals surface area contributed by atoms with Crippen LogP contribution < -0.4 is 80.4 Å². The van der Waals surface area contributed by atoms with Gasteiger partial charge in [-0.25, -0.2) is 9.13 Å². The van der Waals surface area contributed by atoms with Crippen molar-refractivity contribution in [2.24, 2.45) is 0 Å². The Hall–Kier alpha value is -1.70. The molecule has 0 aromatic heterocycles. The van der Waals surface area contributed by atoms with Crippen LogP contribution in [0, 0.1) is 0 Å². The first-order chi connectivity index (χ1) is 53.7. The number of esters is 2. The van der Waals surface area contributed by atoms with E-state index in [-0.39, 0.29) is 157 Å². The number of ketones is 2. The molecule has 0 bridgehead atoms. The van der Waals surface area contributed by atoms with Crippen LogP contribution in [0.1, 0.15) is 418 Å². The third-order valence-corrected chi connectivity index (χ3v) is 21.7. The second-order valence-electron chi connectivity index (χ2n) is 30.7. The van der Waals surface area contributed by atoms with Crippen LogP contribution in [0.4, 0.5) is 0 Å². The molecule has 664 valence electrons. The summed E-state index contributed by atoms with van der Waals surface area (Å²) < 4.78 is 71.1. The first-order valence-electron chi connectivity index (χ1n) is 44.6. The monoisotopic (exact) mass is 1690 g/mol. The van der Waals surface area contributed by atoms with Gasteiger partial charge in [0.05, 0.1) is 77.8 Å². The topological polar surface area (TPSA) is 333 Å². The van der Waals surface area contributed by atoms with Crippen molar-refractivity contribution in [2.75, 3.05) is 65.9 Å². The Morgan fingerprint density at radius 3 is 0.842 bits per heavy atom. The van der Waals surface area contributed by atoms with Gasteiger partial charge in [-0.2, -0.15) is 0 Å². The number of carbonyl (C=O) groups is 8. The summed E-state index contributed by atoms with van der Waals surface area (Å²) in [5, 5.41) is 10.3. The SMILES string of the molecule is C.CCCCCCCCCCCC(=O)CC(=O)NC(COCC[C@@H](CCCCCCC)OC(=O)CCCCCCCCCCC)COP(=O)(O)OCCNC(=O)CC(=O)NCCOP(=O)(O)OCC(COCC[C@@H](CCCCCCC)OC(=O)CCCCCCCCCCC)NC(=O)CC(=O)CCCCCCCCCCC.[H-].[H-].[Na+].[Na+]. The summed E-state index contributed by atoms with van der Waals surface area (Å²) in [7, 11) is -9.65. The molecule has 0 spiro atoms. The molecule has 0 saturated carbocycles. The zero-order valence-corrected chi connectivity index (χ0v) is 78.6. The minimum Gasteiger partial charge on any atom is -1.00 e. The third kappa shape index (κ3) is 82.6. The van der Waals surface area contributed by atoms with E-state index in [1.54, 1.807) is 0 Å². The number of phosphoric acid groups is 2. The van der Waals surface area contributed by atoms with E-state index < -0.39 is 97.0 Å². The van der Waals surface area contributed by atoms with Gasteiger partial charge in [-0.1, -0.05) is 306 Å². The Morgan fingerprint density at radius 2 is 0.561 bits per heavy atom. The number of carbonyl (C=O) groups excluding carboxylic acids is 8. The number of hydrogen-bond donors (Lipinski definition) is 6. The van der Waals surface area contributed by atoms with Crippen LogP contribution in [0.15, 0.2) is 0 Å². The van der Waals surface area contributed by atoms with E-state index in [0.717, 1.165) is 167 Å². The molecule has 4 amide bonds. The van der Waals surface area contributed by atoms with Crippen LogP contribution in [0.3, 0.4) is 0 Å². The summed E-state index contributed by atoms with van der Waals surface area (Å²) in [5.74, 6) is -3.72. The molecule has 0 aromatic carbocycles.